The molecule has 0 aliphatic carbocycles. The highest BCUT2D eigenvalue weighted by Gasteiger charge is 2.08. The predicted octanol–water partition coefficient (Wildman–Crippen LogP) is 4.87. The molecule has 0 saturated carbocycles. The summed E-state index contributed by atoms with van der Waals surface area (Å²) in [7, 11) is 1.83. The van der Waals surface area contributed by atoms with E-state index in [-0.39, 0.29) is 5.56 Å². The van der Waals surface area contributed by atoms with Gasteiger partial charge < -0.3 is 4.57 Å². The van der Waals surface area contributed by atoms with E-state index in [1.807, 2.05) is 49.5 Å². The van der Waals surface area contributed by atoms with Crippen LogP contribution in [0.5, 0.6) is 0 Å². The van der Waals surface area contributed by atoms with Crippen LogP contribution in [-0.2, 0) is 7.05 Å². The summed E-state index contributed by atoms with van der Waals surface area (Å²) in [6, 6.07) is 28.4. The molecule has 2 heteroatoms. The van der Waals surface area contributed by atoms with Gasteiger partial charge >= 0.3 is 0 Å². The average Bonchev–Trinajstić information content (AvgIpc) is 2.66. The fourth-order valence-corrected chi connectivity index (χ4v) is 3.09. The van der Waals surface area contributed by atoms with Crippen LogP contribution in [0.2, 0.25) is 0 Å². The molecule has 3 aromatic carbocycles. The van der Waals surface area contributed by atoms with E-state index >= 15 is 0 Å². The molecule has 24 heavy (non-hydrogen) atoms. The highest BCUT2D eigenvalue weighted by atomic mass is 16.1. The van der Waals surface area contributed by atoms with E-state index in [1.54, 1.807) is 4.57 Å². The monoisotopic (exact) mass is 311 g/mol. The Morgan fingerprint density at radius 1 is 0.667 bits per heavy atom. The van der Waals surface area contributed by atoms with Gasteiger partial charge in [-0.25, -0.2) is 0 Å². The van der Waals surface area contributed by atoms with Crippen molar-refractivity contribution in [1.29, 1.82) is 0 Å². The molecule has 0 saturated heterocycles. The van der Waals surface area contributed by atoms with Gasteiger partial charge in [-0.1, -0.05) is 72.8 Å². The summed E-state index contributed by atoms with van der Waals surface area (Å²) >= 11 is 0. The summed E-state index contributed by atoms with van der Waals surface area (Å²) in [5.74, 6) is 0. The van der Waals surface area contributed by atoms with E-state index in [2.05, 4.69) is 42.5 Å². The number of hydrogen-bond donors (Lipinski definition) is 0. The molecule has 0 aliphatic rings. The van der Waals surface area contributed by atoms with Crippen molar-refractivity contribution in [3.8, 4) is 22.4 Å². The van der Waals surface area contributed by atoms with Crippen LogP contribution in [0, 0.1) is 0 Å². The largest absolute Gasteiger partial charge is 0.311 e. The zero-order valence-electron chi connectivity index (χ0n) is 13.4. The molecule has 116 valence electrons. The maximum atomic E-state index is 12.6. The molecule has 0 atom stereocenters. The number of fused-ring (bicyclic) bond motifs is 1. The van der Waals surface area contributed by atoms with Crippen LogP contribution in [0.25, 0.3) is 33.2 Å². The fraction of sp³-hybridized carbons (Fsp3) is 0.0455. The molecule has 4 aromatic rings. The maximum absolute atomic E-state index is 12.6. The van der Waals surface area contributed by atoms with E-state index in [1.165, 1.54) is 11.1 Å². The van der Waals surface area contributed by atoms with Crippen molar-refractivity contribution in [2.24, 2.45) is 7.05 Å². The molecular weight excluding hydrogens is 294 g/mol. The van der Waals surface area contributed by atoms with E-state index in [0.717, 1.165) is 22.0 Å². The molecule has 0 unspecified atom stereocenters. The normalized spacial score (nSPS) is 10.9. The van der Waals surface area contributed by atoms with Crippen LogP contribution < -0.4 is 5.56 Å². The van der Waals surface area contributed by atoms with Crippen molar-refractivity contribution in [1.82, 2.24) is 4.57 Å². The molecule has 0 bridgehead atoms. The summed E-state index contributed by atoms with van der Waals surface area (Å²) in [6.07, 6.45) is 0. The number of pyridine rings is 1. The Kier molecular flexibility index (Phi) is 3.51. The standard InChI is InChI=1S/C22H17NO/c1-23-21(15-19-9-5-6-10-20(19)22(23)24)18-13-11-17(12-14-18)16-7-3-2-4-8-16/h2-15H,1H3. The Balaban J connectivity index is 1.83. The molecule has 0 radical (unpaired) electrons. The first kappa shape index (κ1) is 14.5. The molecule has 0 spiro atoms. The third-order valence-corrected chi connectivity index (χ3v) is 4.44. The number of hydrogen-bond acceptors (Lipinski definition) is 1. The van der Waals surface area contributed by atoms with E-state index < -0.39 is 0 Å². The van der Waals surface area contributed by atoms with Gasteiger partial charge in [0.05, 0.1) is 5.69 Å². The van der Waals surface area contributed by atoms with E-state index in [4.69, 9.17) is 0 Å². The number of nitrogens with zero attached hydrogens (tertiary/aromatic N) is 1. The zero-order chi connectivity index (χ0) is 16.5. The predicted molar refractivity (Wildman–Crippen MR) is 100 cm³/mol. The zero-order valence-corrected chi connectivity index (χ0v) is 13.4. The van der Waals surface area contributed by atoms with Crippen molar-refractivity contribution in [3.63, 3.8) is 0 Å². The molecule has 0 fully saturated rings. The first-order valence-corrected chi connectivity index (χ1v) is 7.99. The van der Waals surface area contributed by atoms with Crippen molar-refractivity contribution in [2.45, 2.75) is 0 Å². The highest BCUT2D eigenvalue weighted by Crippen LogP contribution is 2.25. The SMILES string of the molecule is Cn1c(-c2ccc(-c3ccccc3)cc2)cc2ccccc2c1=O. The molecule has 1 aromatic heterocycles. The minimum Gasteiger partial charge on any atom is -0.311 e. The Bertz CT molecular complexity index is 1060. The molecule has 0 N–H and O–H groups in total. The summed E-state index contributed by atoms with van der Waals surface area (Å²) in [4.78, 5) is 12.6. The van der Waals surface area contributed by atoms with Gasteiger partial charge in [-0.05, 0) is 34.2 Å². The Morgan fingerprint density at radius 2 is 1.25 bits per heavy atom. The van der Waals surface area contributed by atoms with Gasteiger partial charge in [0.1, 0.15) is 0 Å². The Labute approximate surface area is 140 Å². The second kappa shape index (κ2) is 5.82. The lowest BCUT2D eigenvalue weighted by molar-refractivity contribution is 0.883. The van der Waals surface area contributed by atoms with Crippen LogP contribution in [0.15, 0.2) is 89.7 Å². The minimum absolute atomic E-state index is 0.0373. The number of aromatic nitrogens is 1. The fourth-order valence-electron chi connectivity index (χ4n) is 3.09. The minimum atomic E-state index is 0.0373. The van der Waals surface area contributed by atoms with Gasteiger partial charge in [0.25, 0.3) is 5.56 Å². The second-order valence-electron chi connectivity index (χ2n) is 5.92. The van der Waals surface area contributed by atoms with Crippen LogP contribution in [-0.4, -0.2) is 4.57 Å². The smallest absolute Gasteiger partial charge is 0.258 e. The van der Waals surface area contributed by atoms with Crippen LogP contribution >= 0.6 is 0 Å². The molecule has 0 amide bonds. The van der Waals surface area contributed by atoms with Crippen LogP contribution in [0.3, 0.4) is 0 Å². The second-order valence-corrected chi connectivity index (χ2v) is 5.92. The van der Waals surface area contributed by atoms with Crippen molar-refractivity contribution < 1.29 is 0 Å². The lowest BCUT2D eigenvalue weighted by Crippen LogP contribution is -2.18. The number of benzene rings is 3. The van der Waals surface area contributed by atoms with E-state index in [0.29, 0.717) is 0 Å². The van der Waals surface area contributed by atoms with Crippen LogP contribution in [0.1, 0.15) is 0 Å². The van der Waals surface area contributed by atoms with Gasteiger partial charge in [-0.15, -0.1) is 0 Å². The van der Waals surface area contributed by atoms with Gasteiger partial charge in [-0.2, -0.15) is 0 Å². The topological polar surface area (TPSA) is 22.0 Å². The van der Waals surface area contributed by atoms with Crippen molar-refractivity contribution in [3.05, 3.63) is 95.3 Å². The molecule has 1 heterocycles. The summed E-state index contributed by atoms with van der Waals surface area (Å²) in [6.45, 7) is 0. The molecule has 4 rings (SSSR count). The highest BCUT2D eigenvalue weighted by molar-refractivity contribution is 5.85. The third kappa shape index (κ3) is 2.42. The summed E-state index contributed by atoms with van der Waals surface area (Å²) in [5, 5.41) is 1.73. The van der Waals surface area contributed by atoms with Gasteiger partial charge in [0, 0.05) is 12.4 Å². The Morgan fingerprint density at radius 3 is 2.00 bits per heavy atom. The van der Waals surface area contributed by atoms with Crippen molar-refractivity contribution in [2.75, 3.05) is 0 Å². The molecule has 2 nitrogen and oxygen atoms in total. The molecule has 0 aliphatic heterocycles. The number of rotatable bonds is 2. The maximum Gasteiger partial charge on any atom is 0.258 e. The summed E-state index contributed by atoms with van der Waals surface area (Å²) in [5.41, 5.74) is 4.37. The van der Waals surface area contributed by atoms with Gasteiger partial charge in [-0.3, -0.25) is 4.79 Å². The first-order chi connectivity index (χ1) is 11.7. The first-order valence-electron chi connectivity index (χ1n) is 7.99. The van der Waals surface area contributed by atoms with Gasteiger partial charge in [0.2, 0.25) is 0 Å². The van der Waals surface area contributed by atoms with Crippen LogP contribution in [0.4, 0.5) is 0 Å². The summed E-state index contributed by atoms with van der Waals surface area (Å²) < 4.78 is 1.72. The third-order valence-electron chi connectivity index (χ3n) is 4.44. The lowest BCUT2D eigenvalue weighted by Gasteiger charge is -2.11. The quantitative estimate of drug-likeness (QED) is 0.517. The van der Waals surface area contributed by atoms with E-state index in [9.17, 15) is 4.79 Å². The molecular formula is C22H17NO. The lowest BCUT2D eigenvalue weighted by atomic mass is 10.0. The van der Waals surface area contributed by atoms with Crippen molar-refractivity contribution >= 4 is 10.8 Å². The Hall–Kier alpha value is -3.13. The average molecular weight is 311 g/mol. The van der Waals surface area contributed by atoms with Gasteiger partial charge in [0.15, 0.2) is 0 Å².